The zero-order valence-corrected chi connectivity index (χ0v) is 15.5. The Kier molecular flexibility index (Phi) is 7.02. The number of para-hydroxylation sites is 1. The number of benzene rings is 2. The molecular formula is C21H27NO3. The van der Waals surface area contributed by atoms with E-state index in [9.17, 15) is 4.79 Å². The number of nitrogens with zero attached hydrogens (tertiary/aromatic N) is 1. The van der Waals surface area contributed by atoms with Crippen LogP contribution in [0.2, 0.25) is 0 Å². The normalized spacial score (nSPS) is 10.8. The van der Waals surface area contributed by atoms with Gasteiger partial charge in [-0.2, -0.15) is 0 Å². The molecule has 2 rings (SSSR count). The van der Waals surface area contributed by atoms with E-state index in [-0.39, 0.29) is 5.78 Å². The lowest BCUT2D eigenvalue weighted by atomic mass is 10.1. The van der Waals surface area contributed by atoms with Gasteiger partial charge in [-0.15, -0.1) is 0 Å². The van der Waals surface area contributed by atoms with Crippen LogP contribution in [0.25, 0.3) is 0 Å². The predicted octanol–water partition coefficient (Wildman–Crippen LogP) is 4.11. The number of Topliss-reactive ketones (excluding diaryl/α,β-unsaturated/α-hetero) is 1. The first-order valence-corrected chi connectivity index (χ1v) is 8.65. The van der Waals surface area contributed by atoms with E-state index in [0.29, 0.717) is 25.3 Å². The molecule has 0 unspecified atom stereocenters. The third kappa shape index (κ3) is 5.61. The summed E-state index contributed by atoms with van der Waals surface area (Å²) in [6.07, 6.45) is 0. The number of hydrogen-bond acceptors (Lipinski definition) is 4. The number of ether oxygens (including phenoxy) is 2. The summed E-state index contributed by atoms with van der Waals surface area (Å²) < 4.78 is 11.6. The molecule has 134 valence electrons. The zero-order chi connectivity index (χ0) is 18.2. The number of carbonyl (C=O) groups is 1. The summed E-state index contributed by atoms with van der Waals surface area (Å²) in [6.45, 7) is 8.28. The molecular weight excluding hydrogens is 314 g/mol. The summed E-state index contributed by atoms with van der Waals surface area (Å²) >= 11 is 0. The van der Waals surface area contributed by atoms with Crippen LogP contribution in [-0.4, -0.2) is 37.5 Å². The van der Waals surface area contributed by atoms with Gasteiger partial charge in [0.05, 0.1) is 6.61 Å². The van der Waals surface area contributed by atoms with E-state index in [0.717, 1.165) is 29.2 Å². The smallest absolute Gasteiger partial charge is 0.159 e. The molecule has 2 aromatic rings. The van der Waals surface area contributed by atoms with Crippen LogP contribution >= 0.6 is 0 Å². The average Bonchev–Trinajstić information content (AvgIpc) is 2.58. The molecule has 2 aromatic carbocycles. The van der Waals surface area contributed by atoms with Gasteiger partial charge in [-0.05, 0) is 57.6 Å². The molecule has 4 heteroatoms. The molecule has 4 nitrogen and oxygen atoms in total. The van der Waals surface area contributed by atoms with Crippen LogP contribution in [0.3, 0.4) is 0 Å². The molecule has 0 saturated carbocycles. The summed E-state index contributed by atoms with van der Waals surface area (Å²) in [5.41, 5.74) is 2.87. The fraction of sp³-hybridized carbons (Fsp3) is 0.381. The molecule has 0 amide bonds. The first-order valence-electron chi connectivity index (χ1n) is 8.65. The fourth-order valence-corrected chi connectivity index (χ4v) is 2.62. The Morgan fingerprint density at radius 1 is 1.08 bits per heavy atom. The van der Waals surface area contributed by atoms with E-state index in [1.165, 1.54) is 0 Å². The van der Waals surface area contributed by atoms with E-state index in [1.54, 1.807) is 6.92 Å². The van der Waals surface area contributed by atoms with Crippen LogP contribution in [0, 0.1) is 6.92 Å². The van der Waals surface area contributed by atoms with Gasteiger partial charge in [-0.1, -0.05) is 18.2 Å². The van der Waals surface area contributed by atoms with Gasteiger partial charge in [0, 0.05) is 24.2 Å². The van der Waals surface area contributed by atoms with Crippen molar-refractivity contribution in [2.24, 2.45) is 0 Å². The SMILES string of the molecule is CCOc1ccc(C(C)=O)cc1CN(C)CCOc1ccccc1C. The third-order valence-electron chi connectivity index (χ3n) is 4.03. The van der Waals surface area contributed by atoms with Gasteiger partial charge < -0.3 is 9.47 Å². The molecule has 0 aromatic heterocycles. The van der Waals surface area contributed by atoms with Crippen molar-refractivity contribution in [1.29, 1.82) is 0 Å². The number of carbonyl (C=O) groups excluding carboxylic acids is 1. The molecule has 0 aliphatic heterocycles. The van der Waals surface area contributed by atoms with E-state index in [4.69, 9.17) is 9.47 Å². The van der Waals surface area contributed by atoms with Crippen molar-refractivity contribution in [3.8, 4) is 11.5 Å². The van der Waals surface area contributed by atoms with Crippen molar-refractivity contribution in [2.45, 2.75) is 27.3 Å². The largest absolute Gasteiger partial charge is 0.494 e. The van der Waals surface area contributed by atoms with Gasteiger partial charge in [0.25, 0.3) is 0 Å². The molecule has 0 saturated heterocycles. The number of ketones is 1. The average molecular weight is 341 g/mol. The summed E-state index contributed by atoms with van der Waals surface area (Å²) in [6, 6.07) is 13.6. The molecule has 0 aliphatic carbocycles. The Bertz CT molecular complexity index is 712. The molecule has 25 heavy (non-hydrogen) atoms. The van der Waals surface area contributed by atoms with Crippen molar-refractivity contribution >= 4 is 5.78 Å². The molecule has 0 radical (unpaired) electrons. The predicted molar refractivity (Wildman–Crippen MR) is 101 cm³/mol. The van der Waals surface area contributed by atoms with Crippen LogP contribution in [0.1, 0.15) is 35.3 Å². The highest BCUT2D eigenvalue weighted by atomic mass is 16.5. The van der Waals surface area contributed by atoms with Gasteiger partial charge in [-0.25, -0.2) is 0 Å². The van der Waals surface area contributed by atoms with Crippen molar-refractivity contribution in [2.75, 3.05) is 26.8 Å². The molecule has 0 atom stereocenters. The van der Waals surface area contributed by atoms with Crippen molar-refractivity contribution < 1.29 is 14.3 Å². The number of rotatable bonds is 9. The maximum absolute atomic E-state index is 11.6. The summed E-state index contributed by atoms with van der Waals surface area (Å²) in [5, 5.41) is 0. The standard InChI is InChI=1S/C21H27NO3/c1-5-24-21-11-10-18(17(3)23)14-19(21)15-22(4)12-13-25-20-9-7-6-8-16(20)2/h6-11,14H,5,12-13,15H2,1-4H3. The fourth-order valence-electron chi connectivity index (χ4n) is 2.62. The Morgan fingerprint density at radius 2 is 1.84 bits per heavy atom. The number of hydrogen-bond donors (Lipinski definition) is 0. The Balaban J connectivity index is 1.96. The van der Waals surface area contributed by atoms with E-state index >= 15 is 0 Å². The molecule has 0 N–H and O–H groups in total. The topological polar surface area (TPSA) is 38.8 Å². The Hall–Kier alpha value is -2.33. The third-order valence-corrected chi connectivity index (χ3v) is 4.03. The highest BCUT2D eigenvalue weighted by molar-refractivity contribution is 5.94. The lowest BCUT2D eigenvalue weighted by Gasteiger charge is -2.20. The van der Waals surface area contributed by atoms with E-state index < -0.39 is 0 Å². The second kappa shape index (κ2) is 9.23. The van der Waals surface area contributed by atoms with Gasteiger partial charge in [0.2, 0.25) is 0 Å². The summed E-state index contributed by atoms with van der Waals surface area (Å²) in [5.74, 6) is 1.82. The van der Waals surface area contributed by atoms with Crippen LogP contribution in [0.4, 0.5) is 0 Å². The first kappa shape index (κ1) is 19.0. The highest BCUT2D eigenvalue weighted by Crippen LogP contribution is 2.22. The Morgan fingerprint density at radius 3 is 2.52 bits per heavy atom. The second-order valence-corrected chi connectivity index (χ2v) is 6.16. The van der Waals surface area contributed by atoms with Crippen LogP contribution in [0.5, 0.6) is 11.5 Å². The summed E-state index contributed by atoms with van der Waals surface area (Å²) in [7, 11) is 2.04. The minimum atomic E-state index is 0.0647. The van der Waals surface area contributed by atoms with Crippen LogP contribution in [0.15, 0.2) is 42.5 Å². The lowest BCUT2D eigenvalue weighted by Crippen LogP contribution is -2.24. The number of aryl methyl sites for hydroxylation is 1. The maximum atomic E-state index is 11.6. The minimum absolute atomic E-state index is 0.0647. The van der Waals surface area contributed by atoms with E-state index in [1.807, 2.05) is 63.4 Å². The molecule has 0 bridgehead atoms. The van der Waals surface area contributed by atoms with Gasteiger partial charge in [-0.3, -0.25) is 9.69 Å². The van der Waals surface area contributed by atoms with Crippen molar-refractivity contribution in [3.05, 3.63) is 59.2 Å². The molecule has 0 spiro atoms. The van der Waals surface area contributed by atoms with Crippen molar-refractivity contribution in [3.63, 3.8) is 0 Å². The first-order chi connectivity index (χ1) is 12.0. The highest BCUT2D eigenvalue weighted by Gasteiger charge is 2.10. The quantitative estimate of drug-likeness (QED) is 0.644. The van der Waals surface area contributed by atoms with Gasteiger partial charge in [0.1, 0.15) is 18.1 Å². The maximum Gasteiger partial charge on any atom is 0.159 e. The minimum Gasteiger partial charge on any atom is -0.494 e. The molecule has 0 fully saturated rings. The van der Waals surface area contributed by atoms with Gasteiger partial charge >= 0.3 is 0 Å². The lowest BCUT2D eigenvalue weighted by molar-refractivity contribution is 0.101. The molecule has 0 aliphatic rings. The van der Waals surface area contributed by atoms with E-state index in [2.05, 4.69) is 4.90 Å². The van der Waals surface area contributed by atoms with Gasteiger partial charge in [0.15, 0.2) is 5.78 Å². The monoisotopic (exact) mass is 341 g/mol. The van der Waals surface area contributed by atoms with Crippen LogP contribution in [-0.2, 0) is 6.54 Å². The van der Waals surface area contributed by atoms with Crippen LogP contribution < -0.4 is 9.47 Å². The molecule has 0 heterocycles. The Labute approximate surface area is 150 Å². The second-order valence-electron chi connectivity index (χ2n) is 6.16. The number of likely N-dealkylation sites (N-methyl/N-ethyl adjacent to an activating group) is 1. The zero-order valence-electron chi connectivity index (χ0n) is 15.5. The van der Waals surface area contributed by atoms with Crippen molar-refractivity contribution in [1.82, 2.24) is 4.90 Å². The summed E-state index contributed by atoms with van der Waals surface area (Å²) in [4.78, 5) is 13.8.